The molecule has 0 spiro atoms. The van der Waals surface area contributed by atoms with E-state index in [2.05, 4.69) is 10.3 Å². The topological polar surface area (TPSA) is 62.2 Å². The molecule has 0 aromatic carbocycles. The molecule has 0 saturated heterocycles. The van der Waals surface area contributed by atoms with Crippen molar-refractivity contribution in [2.75, 3.05) is 0 Å². The van der Waals surface area contributed by atoms with E-state index in [1.54, 1.807) is 19.3 Å². The SMILES string of the molecule is CC(C)CC(C)(NCc1ccncc1)C(=O)O. The van der Waals surface area contributed by atoms with Crippen molar-refractivity contribution in [3.8, 4) is 0 Å². The van der Waals surface area contributed by atoms with Gasteiger partial charge in [0.05, 0.1) is 0 Å². The Kier molecular flexibility index (Phi) is 4.63. The van der Waals surface area contributed by atoms with E-state index >= 15 is 0 Å². The molecule has 4 nitrogen and oxygen atoms in total. The summed E-state index contributed by atoms with van der Waals surface area (Å²) in [5, 5.41) is 12.4. The van der Waals surface area contributed by atoms with E-state index in [4.69, 9.17) is 0 Å². The van der Waals surface area contributed by atoms with Gasteiger partial charge in [0.15, 0.2) is 0 Å². The van der Waals surface area contributed by atoms with Gasteiger partial charge in [-0.25, -0.2) is 0 Å². The molecule has 0 radical (unpaired) electrons. The molecular formula is C13H20N2O2. The average molecular weight is 236 g/mol. The van der Waals surface area contributed by atoms with E-state index in [-0.39, 0.29) is 0 Å². The highest BCUT2D eigenvalue weighted by Gasteiger charge is 2.32. The number of pyridine rings is 1. The number of carboxylic acids is 1. The van der Waals surface area contributed by atoms with Gasteiger partial charge in [0.25, 0.3) is 0 Å². The third kappa shape index (κ3) is 4.15. The summed E-state index contributed by atoms with van der Waals surface area (Å²) in [5.41, 5.74) is 0.161. The van der Waals surface area contributed by atoms with Crippen LogP contribution in [0.1, 0.15) is 32.8 Å². The molecule has 1 heterocycles. The number of hydrogen-bond acceptors (Lipinski definition) is 3. The minimum absolute atomic E-state index is 0.334. The summed E-state index contributed by atoms with van der Waals surface area (Å²) in [5.74, 6) is -0.471. The van der Waals surface area contributed by atoms with Gasteiger partial charge in [0.1, 0.15) is 5.54 Å². The molecule has 1 aromatic heterocycles. The second-order valence-corrected chi connectivity index (χ2v) is 4.94. The van der Waals surface area contributed by atoms with Crippen LogP contribution in [0.3, 0.4) is 0 Å². The third-order valence-corrected chi connectivity index (χ3v) is 2.72. The average Bonchev–Trinajstić information content (AvgIpc) is 2.27. The first-order chi connectivity index (χ1) is 7.94. The number of nitrogens with one attached hydrogen (secondary N) is 1. The molecule has 0 bridgehead atoms. The van der Waals surface area contributed by atoms with E-state index in [0.29, 0.717) is 18.9 Å². The molecule has 0 aliphatic heterocycles. The Morgan fingerprint density at radius 1 is 1.47 bits per heavy atom. The molecule has 0 amide bonds. The largest absolute Gasteiger partial charge is 0.480 e. The van der Waals surface area contributed by atoms with Crippen molar-refractivity contribution >= 4 is 5.97 Å². The Labute approximate surface area is 102 Å². The summed E-state index contributed by atoms with van der Waals surface area (Å²) in [6.45, 7) is 6.32. The molecule has 17 heavy (non-hydrogen) atoms. The van der Waals surface area contributed by atoms with Gasteiger partial charge in [0.2, 0.25) is 0 Å². The molecule has 0 aliphatic rings. The second kappa shape index (κ2) is 5.77. The van der Waals surface area contributed by atoms with Crippen molar-refractivity contribution in [3.63, 3.8) is 0 Å². The van der Waals surface area contributed by atoms with Crippen LogP contribution in [-0.2, 0) is 11.3 Å². The first kappa shape index (κ1) is 13.6. The van der Waals surface area contributed by atoms with Gasteiger partial charge in [-0.15, -0.1) is 0 Å². The maximum atomic E-state index is 11.3. The fraction of sp³-hybridized carbons (Fsp3) is 0.538. The number of rotatable bonds is 6. The number of hydrogen-bond donors (Lipinski definition) is 2. The Morgan fingerprint density at radius 2 is 2.06 bits per heavy atom. The molecule has 1 rings (SSSR count). The first-order valence-corrected chi connectivity index (χ1v) is 5.81. The smallest absolute Gasteiger partial charge is 0.323 e. The summed E-state index contributed by atoms with van der Waals surface area (Å²) in [6, 6.07) is 3.76. The van der Waals surface area contributed by atoms with E-state index in [1.165, 1.54) is 0 Å². The Morgan fingerprint density at radius 3 is 2.53 bits per heavy atom. The predicted octanol–water partition coefficient (Wildman–Crippen LogP) is 2.06. The molecule has 2 N–H and O–H groups in total. The van der Waals surface area contributed by atoms with Crippen molar-refractivity contribution in [3.05, 3.63) is 30.1 Å². The van der Waals surface area contributed by atoms with Crippen LogP contribution in [-0.4, -0.2) is 21.6 Å². The fourth-order valence-corrected chi connectivity index (χ4v) is 1.85. The molecule has 1 aromatic rings. The van der Waals surface area contributed by atoms with Crippen LogP contribution in [0.2, 0.25) is 0 Å². The monoisotopic (exact) mass is 236 g/mol. The number of aliphatic carboxylic acids is 1. The quantitative estimate of drug-likeness (QED) is 0.793. The Bertz CT molecular complexity index is 365. The molecule has 0 fully saturated rings. The summed E-state index contributed by atoms with van der Waals surface area (Å²) in [7, 11) is 0. The van der Waals surface area contributed by atoms with Gasteiger partial charge in [-0.3, -0.25) is 15.1 Å². The van der Waals surface area contributed by atoms with E-state index in [1.807, 2.05) is 26.0 Å². The minimum atomic E-state index is -0.878. The lowest BCUT2D eigenvalue weighted by molar-refractivity contribution is -0.145. The summed E-state index contributed by atoms with van der Waals surface area (Å²) in [6.07, 6.45) is 4.02. The Balaban J connectivity index is 2.65. The molecule has 0 saturated carbocycles. The molecule has 1 atom stereocenters. The number of nitrogens with zero attached hydrogens (tertiary/aromatic N) is 1. The van der Waals surface area contributed by atoms with Crippen molar-refractivity contribution in [2.45, 2.75) is 39.3 Å². The third-order valence-electron chi connectivity index (χ3n) is 2.72. The first-order valence-electron chi connectivity index (χ1n) is 5.81. The van der Waals surface area contributed by atoms with Crippen molar-refractivity contribution in [1.29, 1.82) is 0 Å². The van der Waals surface area contributed by atoms with Gasteiger partial charge in [-0.1, -0.05) is 13.8 Å². The van der Waals surface area contributed by atoms with Crippen LogP contribution in [0, 0.1) is 5.92 Å². The van der Waals surface area contributed by atoms with E-state index in [9.17, 15) is 9.90 Å². The molecule has 94 valence electrons. The second-order valence-electron chi connectivity index (χ2n) is 4.94. The normalized spacial score (nSPS) is 14.6. The highest BCUT2D eigenvalue weighted by Crippen LogP contribution is 2.17. The van der Waals surface area contributed by atoms with Crippen LogP contribution in [0.5, 0.6) is 0 Å². The number of carbonyl (C=O) groups is 1. The standard InChI is InChI=1S/C13H20N2O2/c1-10(2)8-13(3,12(16)17)15-9-11-4-6-14-7-5-11/h4-7,10,15H,8-9H2,1-3H3,(H,16,17). The van der Waals surface area contributed by atoms with Crippen molar-refractivity contribution in [2.24, 2.45) is 5.92 Å². The lowest BCUT2D eigenvalue weighted by Crippen LogP contribution is -2.49. The zero-order valence-electron chi connectivity index (χ0n) is 10.6. The maximum absolute atomic E-state index is 11.3. The zero-order valence-corrected chi connectivity index (χ0v) is 10.6. The van der Waals surface area contributed by atoms with Crippen LogP contribution in [0.15, 0.2) is 24.5 Å². The van der Waals surface area contributed by atoms with Crippen molar-refractivity contribution < 1.29 is 9.90 Å². The molecule has 0 aliphatic carbocycles. The summed E-state index contributed by atoms with van der Waals surface area (Å²) in [4.78, 5) is 15.2. The van der Waals surface area contributed by atoms with Gasteiger partial charge < -0.3 is 5.11 Å². The number of carboxylic acid groups (broad SMARTS) is 1. The lowest BCUT2D eigenvalue weighted by atomic mass is 9.90. The Hall–Kier alpha value is -1.42. The van der Waals surface area contributed by atoms with E-state index in [0.717, 1.165) is 5.56 Å². The highest BCUT2D eigenvalue weighted by molar-refractivity contribution is 5.78. The lowest BCUT2D eigenvalue weighted by Gasteiger charge is -2.28. The maximum Gasteiger partial charge on any atom is 0.323 e. The molecule has 1 unspecified atom stereocenters. The van der Waals surface area contributed by atoms with Crippen LogP contribution in [0.4, 0.5) is 0 Å². The van der Waals surface area contributed by atoms with Crippen LogP contribution >= 0.6 is 0 Å². The van der Waals surface area contributed by atoms with Gasteiger partial charge in [-0.05, 0) is 37.0 Å². The fourth-order valence-electron chi connectivity index (χ4n) is 1.85. The van der Waals surface area contributed by atoms with Crippen molar-refractivity contribution in [1.82, 2.24) is 10.3 Å². The number of aromatic nitrogens is 1. The van der Waals surface area contributed by atoms with Crippen LogP contribution in [0.25, 0.3) is 0 Å². The van der Waals surface area contributed by atoms with Gasteiger partial charge >= 0.3 is 5.97 Å². The predicted molar refractivity (Wildman–Crippen MR) is 66.6 cm³/mol. The summed E-state index contributed by atoms with van der Waals surface area (Å²) < 4.78 is 0. The highest BCUT2D eigenvalue weighted by atomic mass is 16.4. The summed E-state index contributed by atoms with van der Waals surface area (Å²) >= 11 is 0. The zero-order chi connectivity index (χ0) is 12.9. The molecule has 4 heteroatoms. The molecular weight excluding hydrogens is 216 g/mol. The van der Waals surface area contributed by atoms with Crippen LogP contribution < -0.4 is 5.32 Å². The van der Waals surface area contributed by atoms with E-state index < -0.39 is 11.5 Å². The van der Waals surface area contributed by atoms with Gasteiger partial charge in [-0.2, -0.15) is 0 Å². The minimum Gasteiger partial charge on any atom is -0.480 e. The van der Waals surface area contributed by atoms with Gasteiger partial charge in [0, 0.05) is 18.9 Å².